The lowest BCUT2D eigenvalue weighted by Gasteiger charge is -2.21. The molecule has 0 unspecified atom stereocenters. The van der Waals surface area contributed by atoms with Crippen LogP contribution in [0.2, 0.25) is 0 Å². The van der Waals surface area contributed by atoms with Gasteiger partial charge < -0.3 is 15.2 Å². The average molecular weight is 361 g/mol. The fourth-order valence-electron chi connectivity index (χ4n) is 1.94. The lowest BCUT2D eigenvalue weighted by atomic mass is 10.2. The number of hydrogen-bond donors (Lipinski definition) is 2. The van der Waals surface area contributed by atoms with Crippen molar-refractivity contribution < 1.29 is 23.1 Å². The number of amides is 1. The molecule has 0 bridgehead atoms. The molecule has 23 heavy (non-hydrogen) atoms. The van der Waals surface area contributed by atoms with Crippen molar-refractivity contribution in [3.05, 3.63) is 29.8 Å². The van der Waals surface area contributed by atoms with Gasteiger partial charge in [0.1, 0.15) is 0 Å². The first-order valence-electron chi connectivity index (χ1n) is 7.12. The van der Waals surface area contributed by atoms with Gasteiger partial charge in [0, 0.05) is 24.0 Å². The van der Waals surface area contributed by atoms with Gasteiger partial charge in [-0.15, -0.1) is 0 Å². The molecule has 0 aliphatic rings. The fraction of sp³-hybridized carbons (Fsp3) is 0.533. The highest BCUT2D eigenvalue weighted by atomic mass is 32.2. The maximum atomic E-state index is 12.2. The van der Waals surface area contributed by atoms with E-state index in [1.165, 1.54) is 43.1 Å². The summed E-state index contributed by atoms with van der Waals surface area (Å²) >= 11 is 1.47. The summed E-state index contributed by atoms with van der Waals surface area (Å²) in [6.07, 6.45) is 1.86. The third-order valence-corrected chi connectivity index (χ3v) is 6.29. The monoisotopic (exact) mass is 361 g/mol. The number of sulfone groups is 1. The molecule has 2 N–H and O–H groups in total. The first kappa shape index (κ1) is 20.0. The van der Waals surface area contributed by atoms with Crippen molar-refractivity contribution in [3.8, 4) is 0 Å². The molecule has 1 rings (SSSR count). The summed E-state index contributed by atoms with van der Waals surface area (Å²) in [4.78, 5) is 12.3. The second-order valence-corrected chi connectivity index (χ2v) is 8.24. The van der Waals surface area contributed by atoms with Gasteiger partial charge in [-0.3, -0.25) is 4.79 Å². The molecule has 0 heterocycles. The summed E-state index contributed by atoms with van der Waals surface area (Å²) in [5.41, 5.74) is 0.375. The lowest BCUT2D eigenvalue weighted by Crippen LogP contribution is -2.41. The quantitative estimate of drug-likeness (QED) is 0.680. The highest BCUT2D eigenvalue weighted by Crippen LogP contribution is 2.14. The van der Waals surface area contributed by atoms with Crippen LogP contribution in [0.15, 0.2) is 29.2 Å². The van der Waals surface area contributed by atoms with Gasteiger partial charge in [-0.05, 0) is 37.4 Å². The van der Waals surface area contributed by atoms with Crippen molar-refractivity contribution in [2.45, 2.75) is 23.1 Å². The number of benzene rings is 1. The third kappa shape index (κ3) is 5.80. The van der Waals surface area contributed by atoms with Gasteiger partial charge in [-0.25, -0.2) is 8.42 Å². The normalized spacial score (nSPS) is 14.3. The molecular formula is C15H23NO5S2. The molecule has 0 aliphatic heterocycles. The Morgan fingerprint density at radius 3 is 2.43 bits per heavy atom. The summed E-state index contributed by atoms with van der Waals surface area (Å²) in [6, 6.07) is 5.60. The zero-order valence-corrected chi connectivity index (χ0v) is 15.1. The van der Waals surface area contributed by atoms with Crippen LogP contribution in [0.5, 0.6) is 0 Å². The van der Waals surface area contributed by atoms with Crippen LogP contribution in [0.25, 0.3) is 0 Å². The number of nitrogens with one attached hydrogen (secondary N) is 1. The van der Waals surface area contributed by atoms with Crippen molar-refractivity contribution in [2.24, 2.45) is 0 Å². The topological polar surface area (TPSA) is 92.7 Å². The Morgan fingerprint density at radius 1 is 1.35 bits per heavy atom. The number of carbonyl (C=O) groups is 1. The number of rotatable bonds is 9. The molecule has 0 radical (unpaired) electrons. The Balaban J connectivity index is 2.78. The van der Waals surface area contributed by atoms with Gasteiger partial charge in [0.2, 0.25) is 0 Å². The summed E-state index contributed by atoms with van der Waals surface area (Å²) in [7, 11) is -1.96. The minimum Gasteiger partial charge on any atom is -0.395 e. The second-order valence-electron chi connectivity index (χ2n) is 5.05. The summed E-state index contributed by atoms with van der Waals surface area (Å²) < 4.78 is 28.8. The number of methoxy groups -OCH3 is 1. The molecule has 130 valence electrons. The summed E-state index contributed by atoms with van der Waals surface area (Å²) in [5, 5.41) is 11.9. The molecule has 2 atom stereocenters. The van der Waals surface area contributed by atoms with Gasteiger partial charge in [0.25, 0.3) is 5.91 Å². The van der Waals surface area contributed by atoms with E-state index in [9.17, 15) is 18.3 Å². The van der Waals surface area contributed by atoms with Crippen LogP contribution in [0.1, 0.15) is 17.3 Å². The van der Waals surface area contributed by atoms with Gasteiger partial charge in [0.15, 0.2) is 9.84 Å². The number of aliphatic hydroxyl groups is 1. The molecular weight excluding hydrogens is 338 g/mol. The number of ether oxygens (including phenoxy) is 1. The largest absolute Gasteiger partial charge is 0.395 e. The molecule has 1 aromatic rings. The number of carbonyl (C=O) groups excluding carboxylic acids is 1. The van der Waals surface area contributed by atoms with Crippen LogP contribution in [-0.4, -0.2) is 63.1 Å². The first-order valence-corrected chi connectivity index (χ1v) is 10.1. The zero-order valence-electron chi connectivity index (χ0n) is 13.5. The van der Waals surface area contributed by atoms with Crippen LogP contribution >= 0.6 is 11.8 Å². The van der Waals surface area contributed by atoms with Crippen LogP contribution < -0.4 is 5.32 Å². The molecule has 0 fully saturated rings. The molecule has 0 saturated carbocycles. The van der Waals surface area contributed by atoms with Gasteiger partial charge in [0.05, 0.1) is 23.9 Å². The summed E-state index contributed by atoms with van der Waals surface area (Å²) in [5.74, 6) is -0.399. The Kier molecular flexibility index (Phi) is 8.04. The van der Waals surface area contributed by atoms with E-state index >= 15 is 0 Å². The van der Waals surface area contributed by atoms with Crippen LogP contribution in [-0.2, 0) is 14.6 Å². The molecule has 0 saturated heterocycles. The molecule has 0 spiro atoms. The maximum Gasteiger partial charge on any atom is 0.251 e. The van der Waals surface area contributed by atoms with Crippen LogP contribution in [0.4, 0.5) is 0 Å². The molecule has 8 heteroatoms. The Morgan fingerprint density at radius 2 is 1.96 bits per heavy atom. The first-order chi connectivity index (χ1) is 10.9. The van der Waals surface area contributed by atoms with E-state index in [4.69, 9.17) is 4.74 Å². The predicted octanol–water partition coefficient (Wildman–Crippen LogP) is 0.949. The third-order valence-electron chi connectivity index (χ3n) is 3.43. The van der Waals surface area contributed by atoms with E-state index in [-0.39, 0.29) is 41.1 Å². The van der Waals surface area contributed by atoms with Gasteiger partial charge >= 0.3 is 0 Å². The highest BCUT2D eigenvalue weighted by Gasteiger charge is 2.19. The van der Waals surface area contributed by atoms with Crippen molar-refractivity contribution in [3.63, 3.8) is 0 Å². The Bertz CT molecular complexity index is 597. The molecule has 1 amide bonds. The predicted molar refractivity (Wildman–Crippen MR) is 91.7 cm³/mol. The lowest BCUT2D eigenvalue weighted by molar-refractivity contribution is 0.0936. The van der Waals surface area contributed by atoms with E-state index in [1.54, 1.807) is 0 Å². The van der Waals surface area contributed by atoms with Crippen LogP contribution in [0, 0.1) is 0 Å². The Hall–Kier alpha value is -1.09. The number of thioether (sulfide) groups is 1. The molecule has 6 nitrogen and oxygen atoms in total. The minimum atomic E-state index is -3.40. The van der Waals surface area contributed by atoms with Crippen LogP contribution in [0.3, 0.4) is 0 Å². The standard InChI is InChI=1S/C15H23NO5S2/c1-11(14(10-17)22-3)16-15(18)12-4-6-13(7-5-12)23(19,20)9-8-21-2/h4-7,11,14,17H,8-10H2,1-3H3,(H,16,18)/t11-,14-/m1/s1. The zero-order chi connectivity index (χ0) is 17.5. The van der Waals surface area contributed by atoms with Crippen molar-refractivity contribution in [1.82, 2.24) is 5.32 Å². The Labute approximate surface area is 141 Å². The number of hydrogen-bond acceptors (Lipinski definition) is 6. The van der Waals surface area contributed by atoms with E-state index in [1.807, 2.05) is 13.2 Å². The van der Waals surface area contributed by atoms with Crippen molar-refractivity contribution >= 4 is 27.5 Å². The average Bonchev–Trinajstić information content (AvgIpc) is 2.54. The smallest absolute Gasteiger partial charge is 0.251 e. The number of aliphatic hydroxyl groups excluding tert-OH is 1. The van der Waals surface area contributed by atoms with Crippen molar-refractivity contribution in [1.29, 1.82) is 0 Å². The second kappa shape index (κ2) is 9.27. The van der Waals surface area contributed by atoms with E-state index in [0.717, 1.165) is 0 Å². The van der Waals surface area contributed by atoms with E-state index < -0.39 is 9.84 Å². The summed E-state index contributed by atoms with van der Waals surface area (Å²) in [6.45, 7) is 1.91. The van der Waals surface area contributed by atoms with Gasteiger partial charge in [-0.2, -0.15) is 11.8 Å². The van der Waals surface area contributed by atoms with E-state index in [2.05, 4.69) is 5.32 Å². The molecule has 0 aliphatic carbocycles. The van der Waals surface area contributed by atoms with E-state index in [0.29, 0.717) is 5.56 Å². The van der Waals surface area contributed by atoms with Crippen molar-refractivity contribution in [2.75, 3.05) is 32.3 Å². The highest BCUT2D eigenvalue weighted by molar-refractivity contribution is 7.99. The molecule has 1 aromatic carbocycles. The maximum absolute atomic E-state index is 12.2. The minimum absolute atomic E-state index is 0.0285. The SMILES string of the molecule is COCCS(=O)(=O)c1ccc(C(=O)N[C@H](C)[C@@H](CO)SC)cc1. The molecule has 0 aromatic heterocycles. The van der Waals surface area contributed by atoms with Gasteiger partial charge in [-0.1, -0.05) is 0 Å². The fourth-order valence-corrected chi connectivity index (χ4v) is 3.74.